The number of carbonyl (C=O) groups is 1. The number of nitrogens with zero attached hydrogens (tertiary/aromatic N) is 4. The number of hydrogen-bond donors (Lipinski definition) is 0. The molecule has 0 spiro atoms. The number of piperidine rings is 1. The van der Waals surface area contributed by atoms with Gasteiger partial charge in [-0.15, -0.1) is 0 Å². The van der Waals surface area contributed by atoms with Gasteiger partial charge < -0.3 is 9.64 Å². The molecular formula is C19H26N4O2. The topological polar surface area (TPSA) is 60.2 Å². The van der Waals surface area contributed by atoms with Crippen molar-refractivity contribution in [3.63, 3.8) is 0 Å². The Morgan fingerprint density at radius 3 is 3.00 bits per heavy atom. The lowest BCUT2D eigenvalue weighted by Gasteiger charge is -2.32. The van der Waals surface area contributed by atoms with E-state index in [9.17, 15) is 4.79 Å². The van der Waals surface area contributed by atoms with Crippen LogP contribution in [0.4, 0.5) is 0 Å². The van der Waals surface area contributed by atoms with Crippen LogP contribution in [0.25, 0.3) is 5.82 Å². The fourth-order valence-corrected chi connectivity index (χ4v) is 3.40. The molecule has 0 bridgehead atoms. The minimum absolute atomic E-state index is 0.0556. The average molecular weight is 342 g/mol. The van der Waals surface area contributed by atoms with Gasteiger partial charge in [-0.1, -0.05) is 19.9 Å². The molecule has 0 N–H and O–H groups in total. The van der Waals surface area contributed by atoms with Gasteiger partial charge in [-0.05, 0) is 25.0 Å². The minimum atomic E-state index is 0.0556. The monoisotopic (exact) mass is 342 g/mol. The number of amides is 1. The number of imidazole rings is 1. The Hall–Kier alpha value is -2.21. The van der Waals surface area contributed by atoms with Gasteiger partial charge in [0.1, 0.15) is 18.2 Å². The molecule has 1 aliphatic heterocycles. The summed E-state index contributed by atoms with van der Waals surface area (Å²) >= 11 is 0. The van der Waals surface area contributed by atoms with Crippen LogP contribution in [0.1, 0.15) is 50.0 Å². The highest BCUT2D eigenvalue weighted by molar-refractivity contribution is 5.77. The summed E-state index contributed by atoms with van der Waals surface area (Å²) in [5, 5.41) is 0. The Morgan fingerprint density at radius 2 is 2.24 bits per heavy atom. The van der Waals surface area contributed by atoms with E-state index in [0.717, 1.165) is 36.7 Å². The standard InChI is InChI=1S/C19H26N4O2/c1-14(2)19-20-9-11-23(19)17-8-4-7-16(21-17)15-6-5-10-22(12-15)18(24)13-25-3/h4,7-9,11,14-15H,5-6,10,12-13H2,1-3H3/t15-/m1/s1. The van der Waals surface area contributed by atoms with Crippen LogP contribution < -0.4 is 0 Å². The summed E-state index contributed by atoms with van der Waals surface area (Å²) in [5.74, 6) is 2.54. The molecule has 0 aliphatic carbocycles. The summed E-state index contributed by atoms with van der Waals surface area (Å²) < 4.78 is 7.03. The quantitative estimate of drug-likeness (QED) is 0.838. The zero-order valence-corrected chi connectivity index (χ0v) is 15.2. The third-order valence-corrected chi connectivity index (χ3v) is 4.65. The number of likely N-dealkylation sites (tertiary alicyclic amines) is 1. The maximum Gasteiger partial charge on any atom is 0.248 e. The third-order valence-electron chi connectivity index (χ3n) is 4.65. The van der Waals surface area contributed by atoms with E-state index in [1.807, 2.05) is 34.0 Å². The van der Waals surface area contributed by atoms with Crippen LogP contribution in [-0.4, -0.2) is 52.1 Å². The second-order valence-corrected chi connectivity index (χ2v) is 6.84. The maximum atomic E-state index is 12.1. The molecule has 1 aliphatic rings. The van der Waals surface area contributed by atoms with Crippen molar-refractivity contribution in [1.82, 2.24) is 19.4 Å². The second-order valence-electron chi connectivity index (χ2n) is 6.84. The third kappa shape index (κ3) is 3.90. The Kier molecular flexibility index (Phi) is 5.48. The zero-order valence-electron chi connectivity index (χ0n) is 15.2. The van der Waals surface area contributed by atoms with Gasteiger partial charge in [-0.2, -0.15) is 0 Å². The fraction of sp³-hybridized carbons (Fsp3) is 0.526. The number of aromatic nitrogens is 3. The van der Waals surface area contributed by atoms with Crippen molar-refractivity contribution in [3.05, 3.63) is 42.1 Å². The van der Waals surface area contributed by atoms with Gasteiger partial charge in [0.25, 0.3) is 0 Å². The SMILES string of the molecule is COCC(=O)N1CCC[C@@H](c2cccc(-n3ccnc3C(C)C)n2)C1. The number of carbonyl (C=O) groups excluding carboxylic acids is 1. The lowest BCUT2D eigenvalue weighted by molar-refractivity contribution is -0.136. The first-order valence-corrected chi connectivity index (χ1v) is 8.87. The van der Waals surface area contributed by atoms with E-state index in [4.69, 9.17) is 9.72 Å². The highest BCUT2D eigenvalue weighted by atomic mass is 16.5. The molecule has 2 aromatic rings. The molecule has 3 heterocycles. The van der Waals surface area contributed by atoms with Gasteiger partial charge in [-0.25, -0.2) is 9.97 Å². The lowest BCUT2D eigenvalue weighted by atomic mass is 9.94. The predicted molar refractivity (Wildman–Crippen MR) is 95.9 cm³/mol. The number of methoxy groups -OCH3 is 1. The zero-order chi connectivity index (χ0) is 17.8. The van der Waals surface area contributed by atoms with Crippen molar-refractivity contribution in [2.45, 2.75) is 38.5 Å². The van der Waals surface area contributed by atoms with E-state index < -0.39 is 0 Å². The molecule has 1 atom stereocenters. The number of ether oxygens (including phenoxy) is 1. The number of hydrogen-bond acceptors (Lipinski definition) is 4. The highest BCUT2D eigenvalue weighted by Crippen LogP contribution is 2.27. The summed E-state index contributed by atoms with van der Waals surface area (Å²) in [6.45, 7) is 5.91. The maximum absolute atomic E-state index is 12.1. The smallest absolute Gasteiger partial charge is 0.248 e. The van der Waals surface area contributed by atoms with Crippen molar-refractivity contribution in [2.24, 2.45) is 0 Å². The summed E-state index contributed by atoms with van der Waals surface area (Å²) in [7, 11) is 1.56. The van der Waals surface area contributed by atoms with E-state index in [1.165, 1.54) is 0 Å². The molecule has 6 heteroatoms. The molecule has 2 aromatic heterocycles. The molecule has 1 amide bonds. The van der Waals surface area contributed by atoms with E-state index in [-0.39, 0.29) is 18.4 Å². The van der Waals surface area contributed by atoms with Gasteiger partial charge in [0, 0.05) is 50.1 Å². The van der Waals surface area contributed by atoms with E-state index >= 15 is 0 Å². The minimum Gasteiger partial charge on any atom is -0.375 e. The molecular weight excluding hydrogens is 316 g/mol. The molecule has 0 radical (unpaired) electrons. The summed E-state index contributed by atoms with van der Waals surface area (Å²) in [5.41, 5.74) is 1.04. The predicted octanol–water partition coefficient (Wildman–Crippen LogP) is 2.74. The molecule has 0 saturated carbocycles. The first-order valence-electron chi connectivity index (χ1n) is 8.87. The van der Waals surface area contributed by atoms with E-state index in [2.05, 4.69) is 24.9 Å². The van der Waals surface area contributed by atoms with Crippen LogP contribution in [0.3, 0.4) is 0 Å². The van der Waals surface area contributed by atoms with E-state index in [0.29, 0.717) is 12.5 Å². The van der Waals surface area contributed by atoms with Crippen molar-refractivity contribution in [3.8, 4) is 5.82 Å². The molecule has 3 rings (SSSR count). The Morgan fingerprint density at radius 1 is 1.40 bits per heavy atom. The normalized spacial score (nSPS) is 17.9. The van der Waals surface area contributed by atoms with Gasteiger partial charge in [0.15, 0.2) is 0 Å². The second kappa shape index (κ2) is 7.78. The van der Waals surface area contributed by atoms with E-state index in [1.54, 1.807) is 7.11 Å². The summed E-state index contributed by atoms with van der Waals surface area (Å²) in [6, 6.07) is 6.11. The molecule has 1 saturated heterocycles. The number of pyridine rings is 1. The first kappa shape index (κ1) is 17.6. The van der Waals surface area contributed by atoms with Gasteiger partial charge >= 0.3 is 0 Å². The van der Waals surface area contributed by atoms with Crippen LogP contribution in [0.5, 0.6) is 0 Å². The molecule has 0 unspecified atom stereocenters. The summed E-state index contributed by atoms with van der Waals surface area (Å²) in [4.78, 5) is 23.3. The van der Waals surface area contributed by atoms with Gasteiger partial charge in [0.2, 0.25) is 5.91 Å². The summed E-state index contributed by atoms with van der Waals surface area (Å²) in [6.07, 6.45) is 5.81. The Balaban J connectivity index is 1.81. The van der Waals surface area contributed by atoms with Crippen LogP contribution in [-0.2, 0) is 9.53 Å². The molecule has 25 heavy (non-hydrogen) atoms. The van der Waals surface area contributed by atoms with Crippen molar-refractivity contribution in [1.29, 1.82) is 0 Å². The van der Waals surface area contributed by atoms with Crippen LogP contribution in [0, 0.1) is 0 Å². The Labute approximate surface area is 148 Å². The average Bonchev–Trinajstić information content (AvgIpc) is 3.12. The molecule has 0 aromatic carbocycles. The van der Waals surface area contributed by atoms with Gasteiger partial charge in [-0.3, -0.25) is 9.36 Å². The van der Waals surface area contributed by atoms with Gasteiger partial charge in [0.05, 0.1) is 0 Å². The first-order chi connectivity index (χ1) is 12.1. The molecule has 134 valence electrons. The lowest BCUT2D eigenvalue weighted by Crippen LogP contribution is -2.41. The van der Waals surface area contributed by atoms with Crippen LogP contribution in [0.2, 0.25) is 0 Å². The van der Waals surface area contributed by atoms with Crippen LogP contribution in [0.15, 0.2) is 30.6 Å². The number of rotatable bonds is 5. The highest BCUT2D eigenvalue weighted by Gasteiger charge is 2.25. The fourth-order valence-electron chi connectivity index (χ4n) is 3.40. The Bertz CT molecular complexity index is 726. The molecule has 6 nitrogen and oxygen atoms in total. The van der Waals surface area contributed by atoms with Crippen molar-refractivity contribution in [2.75, 3.05) is 26.8 Å². The van der Waals surface area contributed by atoms with Crippen molar-refractivity contribution >= 4 is 5.91 Å². The van der Waals surface area contributed by atoms with Crippen LogP contribution >= 0.6 is 0 Å². The molecule has 1 fully saturated rings. The largest absolute Gasteiger partial charge is 0.375 e. The van der Waals surface area contributed by atoms with Crippen molar-refractivity contribution < 1.29 is 9.53 Å².